The molecule has 3 aromatic rings. The number of ether oxygens (including phenoxy) is 1. The summed E-state index contributed by atoms with van der Waals surface area (Å²) >= 11 is 0. The van der Waals surface area contributed by atoms with Crippen LogP contribution < -0.4 is 0 Å². The Bertz CT molecular complexity index is 827. The zero-order chi connectivity index (χ0) is 21.0. The Hall–Kier alpha value is -2.95. The van der Waals surface area contributed by atoms with Crippen LogP contribution in [0, 0.1) is 0 Å². The summed E-state index contributed by atoms with van der Waals surface area (Å²) in [7, 11) is 0. The van der Waals surface area contributed by atoms with Crippen molar-refractivity contribution in [1.29, 1.82) is 0 Å². The van der Waals surface area contributed by atoms with Crippen LogP contribution >= 0.6 is 0 Å². The first-order valence-corrected chi connectivity index (χ1v) is 10.4. The SMILES string of the molecule is O=C(CCC(O)CN(Cc1ccccc1)Cc1ccccc1)OCc1ccccc1. The van der Waals surface area contributed by atoms with E-state index >= 15 is 0 Å². The molecule has 0 radical (unpaired) electrons. The maximum atomic E-state index is 12.0. The third-order valence-corrected chi connectivity index (χ3v) is 4.89. The smallest absolute Gasteiger partial charge is 0.306 e. The summed E-state index contributed by atoms with van der Waals surface area (Å²) in [5.41, 5.74) is 3.36. The summed E-state index contributed by atoms with van der Waals surface area (Å²) in [5.74, 6) is -0.282. The molecule has 30 heavy (non-hydrogen) atoms. The summed E-state index contributed by atoms with van der Waals surface area (Å²) < 4.78 is 5.31. The van der Waals surface area contributed by atoms with Gasteiger partial charge in [0.1, 0.15) is 6.61 Å². The van der Waals surface area contributed by atoms with Gasteiger partial charge in [0.05, 0.1) is 6.10 Å². The van der Waals surface area contributed by atoms with Gasteiger partial charge in [0.15, 0.2) is 0 Å². The van der Waals surface area contributed by atoms with Crippen LogP contribution in [0.1, 0.15) is 29.5 Å². The molecule has 0 aliphatic carbocycles. The lowest BCUT2D eigenvalue weighted by Crippen LogP contribution is -2.32. The van der Waals surface area contributed by atoms with Crippen LogP contribution in [0.3, 0.4) is 0 Å². The van der Waals surface area contributed by atoms with Gasteiger partial charge < -0.3 is 9.84 Å². The van der Waals surface area contributed by atoms with Gasteiger partial charge in [-0.15, -0.1) is 0 Å². The lowest BCUT2D eigenvalue weighted by atomic mass is 10.1. The molecule has 0 aromatic heterocycles. The molecule has 1 N–H and O–H groups in total. The van der Waals surface area contributed by atoms with Gasteiger partial charge in [-0.05, 0) is 23.1 Å². The van der Waals surface area contributed by atoms with Crippen molar-refractivity contribution in [2.24, 2.45) is 0 Å². The quantitative estimate of drug-likeness (QED) is 0.477. The minimum absolute atomic E-state index is 0.207. The highest BCUT2D eigenvalue weighted by Gasteiger charge is 2.15. The Kier molecular flexibility index (Phi) is 8.63. The third-order valence-electron chi connectivity index (χ3n) is 4.89. The van der Waals surface area contributed by atoms with E-state index in [1.165, 1.54) is 11.1 Å². The van der Waals surface area contributed by atoms with E-state index in [0.29, 0.717) is 13.0 Å². The van der Waals surface area contributed by atoms with E-state index in [1.807, 2.05) is 66.7 Å². The molecule has 0 spiro atoms. The van der Waals surface area contributed by atoms with Crippen molar-refractivity contribution in [2.75, 3.05) is 6.54 Å². The number of nitrogens with zero attached hydrogens (tertiary/aromatic N) is 1. The monoisotopic (exact) mass is 403 g/mol. The highest BCUT2D eigenvalue weighted by Crippen LogP contribution is 2.13. The molecular weight excluding hydrogens is 374 g/mol. The maximum absolute atomic E-state index is 12.0. The van der Waals surface area contributed by atoms with E-state index in [0.717, 1.165) is 18.7 Å². The van der Waals surface area contributed by atoms with Crippen molar-refractivity contribution in [3.8, 4) is 0 Å². The molecule has 0 amide bonds. The maximum Gasteiger partial charge on any atom is 0.306 e. The van der Waals surface area contributed by atoms with Crippen molar-refractivity contribution in [3.05, 3.63) is 108 Å². The van der Waals surface area contributed by atoms with Gasteiger partial charge in [-0.3, -0.25) is 9.69 Å². The van der Waals surface area contributed by atoms with Gasteiger partial charge in [-0.1, -0.05) is 91.0 Å². The predicted molar refractivity (Wildman–Crippen MR) is 118 cm³/mol. The van der Waals surface area contributed by atoms with E-state index in [-0.39, 0.29) is 19.0 Å². The lowest BCUT2D eigenvalue weighted by Gasteiger charge is -2.25. The van der Waals surface area contributed by atoms with Crippen molar-refractivity contribution < 1.29 is 14.6 Å². The molecule has 4 nitrogen and oxygen atoms in total. The number of aliphatic hydroxyl groups is 1. The van der Waals surface area contributed by atoms with Crippen LogP contribution in [0.5, 0.6) is 0 Å². The fraction of sp³-hybridized carbons (Fsp3) is 0.269. The Morgan fingerprint density at radius 2 is 1.23 bits per heavy atom. The van der Waals surface area contributed by atoms with E-state index < -0.39 is 6.10 Å². The zero-order valence-corrected chi connectivity index (χ0v) is 17.2. The molecule has 0 aliphatic rings. The van der Waals surface area contributed by atoms with E-state index in [4.69, 9.17) is 4.74 Å². The number of aliphatic hydroxyl groups excluding tert-OH is 1. The largest absolute Gasteiger partial charge is 0.461 e. The van der Waals surface area contributed by atoms with Crippen molar-refractivity contribution in [2.45, 2.75) is 38.6 Å². The normalized spacial score (nSPS) is 11.9. The van der Waals surface area contributed by atoms with Gasteiger partial charge in [0, 0.05) is 26.1 Å². The second-order valence-electron chi connectivity index (χ2n) is 7.48. The molecule has 0 saturated heterocycles. The number of hydrogen-bond donors (Lipinski definition) is 1. The molecule has 1 unspecified atom stereocenters. The highest BCUT2D eigenvalue weighted by atomic mass is 16.5. The lowest BCUT2D eigenvalue weighted by molar-refractivity contribution is -0.145. The molecule has 1 atom stereocenters. The molecule has 0 fully saturated rings. The number of rotatable bonds is 11. The average Bonchev–Trinajstić information content (AvgIpc) is 2.78. The van der Waals surface area contributed by atoms with Gasteiger partial charge in [0.2, 0.25) is 0 Å². The average molecular weight is 404 g/mol. The number of benzene rings is 3. The van der Waals surface area contributed by atoms with Crippen LogP contribution in [-0.2, 0) is 29.2 Å². The van der Waals surface area contributed by atoms with Crippen molar-refractivity contribution >= 4 is 5.97 Å². The van der Waals surface area contributed by atoms with Crippen LogP contribution in [0.25, 0.3) is 0 Å². The molecule has 3 aromatic carbocycles. The van der Waals surface area contributed by atoms with Crippen molar-refractivity contribution in [3.63, 3.8) is 0 Å². The van der Waals surface area contributed by atoms with Crippen molar-refractivity contribution in [1.82, 2.24) is 4.90 Å². The van der Waals surface area contributed by atoms with Gasteiger partial charge >= 0.3 is 5.97 Å². The Morgan fingerprint density at radius 1 is 0.767 bits per heavy atom. The van der Waals surface area contributed by atoms with Crippen LogP contribution in [0.15, 0.2) is 91.0 Å². The molecular formula is C26H29NO3. The van der Waals surface area contributed by atoms with Gasteiger partial charge in [-0.2, -0.15) is 0 Å². The predicted octanol–water partition coefficient (Wildman–Crippen LogP) is 4.57. The molecule has 3 rings (SSSR count). The summed E-state index contributed by atoms with van der Waals surface area (Å²) in [4.78, 5) is 14.3. The Morgan fingerprint density at radius 3 is 1.73 bits per heavy atom. The third kappa shape index (κ3) is 7.82. The van der Waals surface area contributed by atoms with E-state index in [9.17, 15) is 9.90 Å². The number of carbonyl (C=O) groups is 1. The van der Waals surface area contributed by atoms with Crippen LogP contribution in [0.4, 0.5) is 0 Å². The van der Waals surface area contributed by atoms with E-state index in [1.54, 1.807) is 0 Å². The number of hydrogen-bond acceptors (Lipinski definition) is 4. The molecule has 0 bridgehead atoms. The standard InChI is InChI=1S/C26H29NO3/c28-25(16-17-26(29)30-21-24-14-8-3-9-15-24)20-27(18-22-10-4-1-5-11-22)19-23-12-6-2-7-13-23/h1-15,25,28H,16-21H2. The second-order valence-corrected chi connectivity index (χ2v) is 7.48. The van der Waals surface area contributed by atoms with Crippen LogP contribution in [-0.4, -0.2) is 28.6 Å². The summed E-state index contributed by atoms with van der Waals surface area (Å²) in [6.45, 7) is 2.25. The molecule has 0 aliphatic heterocycles. The Labute approximate surface area is 178 Å². The fourth-order valence-corrected chi connectivity index (χ4v) is 3.35. The number of esters is 1. The molecule has 0 heterocycles. The zero-order valence-electron chi connectivity index (χ0n) is 17.2. The van der Waals surface area contributed by atoms with Crippen LogP contribution in [0.2, 0.25) is 0 Å². The first-order valence-electron chi connectivity index (χ1n) is 10.4. The topological polar surface area (TPSA) is 49.8 Å². The first kappa shape index (κ1) is 21.8. The molecule has 156 valence electrons. The van der Waals surface area contributed by atoms with Gasteiger partial charge in [-0.25, -0.2) is 0 Å². The number of carbonyl (C=O) groups excluding carboxylic acids is 1. The van der Waals surface area contributed by atoms with E-state index in [2.05, 4.69) is 29.2 Å². The Balaban J connectivity index is 1.49. The summed E-state index contributed by atoms with van der Waals surface area (Å²) in [6, 6.07) is 30.1. The minimum Gasteiger partial charge on any atom is -0.461 e. The second kappa shape index (κ2) is 11.9. The fourth-order valence-electron chi connectivity index (χ4n) is 3.35. The summed E-state index contributed by atoms with van der Waals surface area (Å²) in [5, 5.41) is 10.6. The first-order chi connectivity index (χ1) is 14.7. The molecule has 4 heteroatoms. The van der Waals surface area contributed by atoms with Gasteiger partial charge in [0.25, 0.3) is 0 Å². The minimum atomic E-state index is -0.596. The summed E-state index contributed by atoms with van der Waals surface area (Å²) in [6.07, 6.45) is -0.00615. The molecule has 0 saturated carbocycles. The highest BCUT2D eigenvalue weighted by molar-refractivity contribution is 5.69.